The van der Waals surface area contributed by atoms with E-state index in [0.29, 0.717) is 35.4 Å². The molecule has 0 radical (unpaired) electrons. The Bertz CT molecular complexity index is 1230. The second kappa shape index (κ2) is 10.2. The lowest BCUT2D eigenvalue weighted by molar-refractivity contribution is -0.140. The normalized spacial score (nSPS) is 19.8. The van der Waals surface area contributed by atoms with Gasteiger partial charge in [-0.05, 0) is 81.9 Å². The molecule has 8 nitrogen and oxygen atoms in total. The number of amides is 2. The van der Waals surface area contributed by atoms with Crippen molar-refractivity contribution in [3.8, 4) is 0 Å². The molecule has 9 heteroatoms. The fourth-order valence-electron chi connectivity index (χ4n) is 5.42. The summed E-state index contributed by atoms with van der Waals surface area (Å²) in [4.78, 5) is 41.4. The minimum atomic E-state index is -1.23. The number of halogens is 1. The number of pyridine rings is 1. The maximum absolute atomic E-state index is 14.0. The highest BCUT2D eigenvalue weighted by atomic mass is 35.5. The van der Waals surface area contributed by atoms with Crippen molar-refractivity contribution in [2.45, 2.75) is 31.3 Å². The molecule has 3 aromatic rings. The Labute approximate surface area is 216 Å². The van der Waals surface area contributed by atoms with Crippen molar-refractivity contribution in [2.24, 2.45) is 0 Å². The van der Waals surface area contributed by atoms with Crippen LogP contribution in [-0.2, 0) is 10.3 Å². The predicted octanol–water partition coefficient (Wildman–Crippen LogP) is 3.10. The zero-order valence-corrected chi connectivity index (χ0v) is 21.6. The number of nitrogens with one attached hydrogen (secondary N) is 2. The first-order valence-electron chi connectivity index (χ1n) is 12.6. The zero-order chi connectivity index (χ0) is 25.3. The van der Waals surface area contributed by atoms with E-state index in [1.54, 1.807) is 49.6 Å². The van der Waals surface area contributed by atoms with E-state index in [1.165, 1.54) is 12.8 Å². The minimum absolute atomic E-state index is 0.107. The van der Waals surface area contributed by atoms with Gasteiger partial charge in [-0.1, -0.05) is 11.6 Å². The van der Waals surface area contributed by atoms with Crippen molar-refractivity contribution in [1.29, 1.82) is 0 Å². The number of H-pyrrole nitrogens is 1. The summed E-state index contributed by atoms with van der Waals surface area (Å²) in [7, 11) is 2.17. The second-order valence-corrected chi connectivity index (χ2v) is 10.5. The molecule has 4 heterocycles. The van der Waals surface area contributed by atoms with E-state index >= 15 is 0 Å². The van der Waals surface area contributed by atoms with Crippen molar-refractivity contribution >= 4 is 34.3 Å². The Balaban J connectivity index is 1.33. The number of piperazine rings is 1. The number of benzene rings is 1. The van der Waals surface area contributed by atoms with Crippen LogP contribution in [0.5, 0.6) is 0 Å². The lowest BCUT2D eigenvalue weighted by Crippen LogP contribution is -2.60. The molecule has 2 aliphatic rings. The van der Waals surface area contributed by atoms with E-state index in [0.717, 1.165) is 37.1 Å². The van der Waals surface area contributed by atoms with Gasteiger partial charge in [0.15, 0.2) is 0 Å². The number of rotatable bonds is 5. The summed E-state index contributed by atoms with van der Waals surface area (Å²) in [6, 6.07) is 11.3. The van der Waals surface area contributed by atoms with E-state index in [1.807, 2.05) is 11.0 Å². The molecule has 5 rings (SSSR count). The summed E-state index contributed by atoms with van der Waals surface area (Å²) >= 11 is 6.11. The van der Waals surface area contributed by atoms with Crippen molar-refractivity contribution in [2.75, 3.05) is 46.3 Å². The van der Waals surface area contributed by atoms with Crippen LogP contribution in [0.4, 0.5) is 0 Å². The summed E-state index contributed by atoms with van der Waals surface area (Å²) in [5.41, 5.74) is 0.664. The van der Waals surface area contributed by atoms with Gasteiger partial charge in [0.05, 0.1) is 0 Å². The molecule has 2 aliphatic heterocycles. The van der Waals surface area contributed by atoms with Gasteiger partial charge >= 0.3 is 0 Å². The molecule has 0 unspecified atom stereocenters. The molecular weight excluding hydrogens is 476 g/mol. The molecule has 190 valence electrons. The van der Waals surface area contributed by atoms with Crippen LogP contribution in [0.1, 0.15) is 35.8 Å². The van der Waals surface area contributed by atoms with Gasteiger partial charge in [-0.2, -0.15) is 0 Å². The Morgan fingerprint density at radius 2 is 1.72 bits per heavy atom. The first kappa shape index (κ1) is 24.7. The zero-order valence-electron chi connectivity index (χ0n) is 20.8. The monoisotopic (exact) mass is 508 g/mol. The van der Waals surface area contributed by atoms with Gasteiger partial charge in [0.25, 0.3) is 11.8 Å². The smallest absolute Gasteiger partial charge is 0.268 e. The number of nitrogens with zero attached hydrogens (tertiary/aromatic N) is 4. The summed E-state index contributed by atoms with van der Waals surface area (Å²) in [5.74, 6) is -0.454. The average molecular weight is 509 g/mol. The molecule has 0 spiro atoms. The first-order chi connectivity index (χ1) is 17.3. The Kier molecular flexibility index (Phi) is 7.01. The number of aromatic nitrogens is 2. The van der Waals surface area contributed by atoms with Crippen molar-refractivity contribution in [1.82, 2.24) is 30.0 Å². The minimum Gasteiger partial charge on any atom is -0.351 e. The van der Waals surface area contributed by atoms with Gasteiger partial charge in [-0.15, -0.1) is 0 Å². The molecule has 0 saturated carbocycles. The Hall–Kier alpha value is -2.94. The summed E-state index contributed by atoms with van der Waals surface area (Å²) in [5, 5.41) is 4.48. The molecule has 2 saturated heterocycles. The van der Waals surface area contributed by atoms with Crippen LogP contribution in [0.3, 0.4) is 0 Å². The number of aromatic amines is 1. The van der Waals surface area contributed by atoms with Crippen LogP contribution < -0.4 is 5.32 Å². The van der Waals surface area contributed by atoms with Crippen LogP contribution in [0.15, 0.2) is 48.8 Å². The van der Waals surface area contributed by atoms with Crippen molar-refractivity contribution < 1.29 is 9.59 Å². The van der Waals surface area contributed by atoms with Crippen LogP contribution in [0, 0.1) is 0 Å². The predicted molar refractivity (Wildman–Crippen MR) is 141 cm³/mol. The maximum Gasteiger partial charge on any atom is 0.268 e. The summed E-state index contributed by atoms with van der Waals surface area (Å²) in [6.07, 6.45) is 5.64. The fraction of sp³-hybridized carbons (Fsp3) is 0.444. The lowest BCUT2D eigenvalue weighted by Gasteiger charge is -2.44. The quantitative estimate of drug-likeness (QED) is 0.553. The molecular formula is C27H33ClN6O2. The molecule has 2 aromatic heterocycles. The molecule has 0 aliphatic carbocycles. The molecule has 2 N–H and O–H groups in total. The highest BCUT2D eigenvalue weighted by Gasteiger charge is 2.41. The number of hydrogen-bond acceptors (Lipinski definition) is 5. The second-order valence-electron chi connectivity index (χ2n) is 10.1. The van der Waals surface area contributed by atoms with E-state index in [4.69, 9.17) is 11.6 Å². The number of carbonyl (C=O) groups is 2. The SMILES string of the molecule is CN1CCC(N2CCN(C(=O)[C@](C)(NC(=O)c3cc4cc(Cl)ccc4[nH]3)c3ccncc3)CC2)CC1. The highest BCUT2D eigenvalue weighted by molar-refractivity contribution is 6.31. The van der Waals surface area contributed by atoms with Crippen LogP contribution >= 0.6 is 11.6 Å². The topological polar surface area (TPSA) is 84.6 Å². The van der Waals surface area contributed by atoms with Crippen molar-refractivity contribution in [3.63, 3.8) is 0 Å². The summed E-state index contributed by atoms with van der Waals surface area (Å²) in [6.45, 7) is 7.02. The number of hydrogen-bond donors (Lipinski definition) is 2. The largest absolute Gasteiger partial charge is 0.351 e. The molecule has 0 bridgehead atoms. The van der Waals surface area contributed by atoms with Crippen molar-refractivity contribution in [3.05, 3.63) is 65.1 Å². The molecule has 2 amide bonds. The molecule has 2 fully saturated rings. The van der Waals surface area contributed by atoms with Gasteiger partial charge in [0.1, 0.15) is 11.2 Å². The third-order valence-electron chi connectivity index (χ3n) is 7.68. The summed E-state index contributed by atoms with van der Waals surface area (Å²) < 4.78 is 0. The lowest BCUT2D eigenvalue weighted by atomic mass is 9.90. The van der Waals surface area contributed by atoms with E-state index in [9.17, 15) is 9.59 Å². The maximum atomic E-state index is 14.0. The van der Waals surface area contributed by atoms with E-state index < -0.39 is 5.54 Å². The van der Waals surface area contributed by atoms with Gasteiger partial charge in [0, 0.05) is 60.5 Å². The first-order valence-corrected chi connectivity index (χ1v) is 12.9. The number of piperidine rings is 1. The number of fused-ring (bicyclic) bond motifs is 1. The fourth-order valence-corrected chi connectivity index (χ4v) is 5.60. The number of likely N-dealkylation sites (tertiary alicyclic amines) is 1. The van der Waals surface area contributed by atoms with Crippen LogP contribution in [0.2, 0.25) is 5.02 Å². The van der Waals surface area contributed by atoms with E-state index in [2.05, 4.69) is 32.1 Å². The van der Waals surface area contributed by atoms with Gasteiger partial charge in [-0.25, -0.2) is 0 Å². The Morgan fingerprint density at radius 3 is 2.42 bits per heavy atom. The Morgan fingerprint density at radius 1 is 1.03 bits per heavy atom. The average Bonchev–Trinajstić information content (AvgIpc) is 3.33. The molecule has 1 aromatic carbocycles. The molecule has 1 atom stereocenters. The standard InChI is InChI=1S/C27H33ClN6O2/c1-27(20-5-9-29-10-6-20,31-25(35)24-18-19-17-21(28)3-4-23(19)30-24)26(36)34-15-13-33(14-16-34)22-7-11-32(2)12-8-22/h3-6,9-10,17-18,22,30H,7-8,11-16H2,1-2H3,(H,31,35)/t27-/m1/s1. The third-order valence-corrected chi connectivity index (χ3v) is 7.92. The van der Waals surface area contributed by atoms with Crippen LogP contribution in [0.25, 0.3) is 10.9 Å². The molecule has 36 heavy (non-hydrogen) atoms. The number of carbonyl (C=O) groups excluding carboxylic acids is 2. The van der Waals surface area contributed by atoms with E-state index in [-0.39, 0.29) is 11.8 Å². The third kappa shape index (κ3) is 4.98. The van der Waals surface area contributed by atoms with Gasteiger partial charge < -0.3 is 20.1 Å². The highest BCUT2D eigenvalue weighted by Crippen LogP contribution is 2.27. The van der Waals surface area contributed by atoms with Gasteiger partial charge in [-0.3, -0.25) is 19.5 Å². The van der Waals surface area contributed by atoms with Gasteiger partial charge in [0.2, 0.25) is 0 Å². The van der Waals surface area contributed by atoms with Crippen LogP contribution in [-0.4, -0.2) is 88.8 Å².